The van der Waals surface area contributed by atoms with E-state index in [0.29, 0.717) is 25.1 Å². The molecular weight excluding hydrogens is 202 g/mol. The summed E-state index contributed by atoms with van der Waals surface area (Å²) in [5.41, 5.74) is 1.71. The Morgan fingerprint density at radius 1 is 1.50 bits per heavy atom. The highest BCUT2D eigenvalue weighted by Gasteiger charge is 1.98. The van der Waals surface area contributed by atoms with Crippen molar-refractivity contribution in [2.75, 3.05) is 13.6 Å². The van der Waals surface area contributed by atoms with Gasteiger partial charge in [0.05, 0.1) is 11.6 Å². The van der Waals surface area contributed by atoms with E-state index in [9.17, 15) is 4.79 Å². The molecule has 0 atom stereocenters. The second kappa shape index (κ2) is 6.59. The molecule has 1 amide bonds. The topological polar surface area (TPSA) is 64.9 Å². The third kappa shape index (κ3) is 4.11. The first-order chi connectivity index (χ1) is 7.76. The Morgan fingerprint density at radius 2 is 2.31 bits per heavy atom. The van der Waals surface area contributed by atoms with Gasteiger partial charge in [-0.25, -0.2) is 0 Å². The van der Waals surface area contributed by atoms with Crippen LogP contribution in [0.1, 0.15) is 17.5 Å². The summed E-state index contributed by atoms with van der Waals surface area (Å²) in [6, 6.07) is 9.51. The van der Waals surface area contributed by atoms with Crippen molar-refractivity contribution in [2.24, 2.45) is 0 Å². The van der Waals surface area contributed by atoms with Crippen LogP contribution in [0.3, 0.4) is 0 Å². The number of nitrogens with one attached hydrogen (secondary N) is 2. The first-order valence-electron chi connectivity index (χ1n) is 5.16. The zero-order valence-corrected chi connectivity index (χ0v) is 9.29. The third-order valence-electron chi connectivity index (χ3n) is 2.19. The molecule has 0 bridgehead atoms. The predicted octanol–water partition coefficient (Wildman–Crippen LogP) is 0.784. The number of hydrogen-bond acceptors (Lipinski definition) is 3. The number of benzene rings is 1. The van der Waals surface area contributed by atoms with Crippen LogP contribution in [0.2, 0.25) is 0 Å². The minimum Gasteiger partial charge on any atom is -0.359 e. The van der Waals surface area contributed by atoms with Gasteiger partial charge in [-0.15, -0.1) is 0 Å². The van der Waals surface area contributed by atoms with E-state index in [4.69, 9.17) is 5.26 Å². The monoisotopic (exact) mass is 217 g/mol. The fraction of sp³-hybridized carbons (Fsp3) is 0.333. The SMILES string of the molecule is CNC(=O)CCNCc1cccc(C#N)c1. The van der Waals surface area contributed by atoms with Gasteiger partial charge in [-0.3, -0.25) is 4.79 Å². The molecule has 1 rings (SSSR count). The summed E-state index contributed by atoms with van der Waals surface area (Å²) in [5.74, 6) is 0.0262. The van der Waals surface area contributed by atoms with Crippen molar-refractivity contribution >= 4 is 5.91 Å². The Bertz CT molecular complexity index is 395. The van der Waals surface area contributed by atoms with Crippen molar-refractivity contribution in [3.8, 4) is 6.07 Å². The average Bonchev–Trinajstić information content (AvgIpc) is 2.34. The third-order valence-corrected chi connectivity index (χ3v) is 2.19. The van der Waals surface area contributed by atoms with Crippen LogP contribution in [0, 0.1) is 11.3 Å². The Labute approximate surface area is 95.3 Å². The summed E-state index contributed by atoms with van der Waals surface area (Å²) in [4.78, 5) is 10.9. The van der Waals surface area contributed by atoms with Crippen LogP contribution >= 0.6 is 0 Å². The van der Waals surface area contributed by atoms with Crippen molar-refractivity contribution < 1.29 is 4.79 Å². The molecule has 4 nitrogen and oxygen atoms in total. The quantitative estimate of drug-likeness (QED) is 0.716. The molecule has 0 aromatic heterocycles. The van der Waals surface area contributed by atoms with E-state index in [-0.39, 0.29) is 5.91 Å². The van der Waals surface area contributed by atoms with Crippen molar-refractivity contribution in [1.29, 1.82) is 5.26 Å². The smallest absolute Gasteiger partial charge is 0.221 e. The lowest BCUT2D eigenvalue weighted by Gasteiger charge is -2.04. The highest BCUT2D eigenvalue weighted by atomic mass is 16.1. The molecule has 0 radical (unpaired) electrons. The summed E-state index contributed by atoms with van der Waals surface area (Å²) >= 11 is 0. The molecule has 0 aliphatic heterocycles. The number of rotatable bonds is 5. The van der Waals surface area contributed by atoms with E-state index in [2.05, 4.69) is 16.7 Å². The highest BCUT2D eigenvalue weighted by molar-refractivity contribution is 5.75. The van der Waals surface area contributed by atoms with E-state index in [1.807, 2.05) is 18.2 Å². The van der Waals surface area contributed by atoms with Gasteiger partial charge in [0.1, 0.15) is 0 Å². The van der Waals surface area contributed by atoms with Crippen LogP contribution in [0.25, 0.3) is 0 Å². The minimum atomic E-state index is 0.0262. The van der Waals surface area contributed by atoms with Gasteiger partial charge < -0.3 is 10.6 Å². The van der Waals surface area contributed by atoms with Gasteiger partial charge in [0.15, 0.2) is 0 Å². The van der Waals surface area contributed by atoms with Crippen LogP contribution in [-0.4, -0.2) is 19.5 Å². The van der Waals surface area contributed by atoms with Crippen LogP contribution in [0.5, 0.6) is 0 Å². The van der Waals surface area contributed by atoms with Crippen LogP contribution in [0.4, 0.5) is 0 Å². The molecule has 4 heteroatoms. The van der Waals surface area contributed by atoms with E-state index >= 15 is 0 Å². The molecule has 0 heterocycles. The number of hydrogen-bond donors (Lipinski definition) is 2. The molecule has 0 spiro atoms. The Hall–Kier alpha value is -1.86. The second-order valence-electron chi connectivity index (χ2n) is 3.41. The molecule has 0 aliphatic carbocycles. The van der Waals surface area contributed by atoms with Gasteiger partial charge in [0.2, 0.25) is 5.91 Å². The molecular formula is C12H15N3O. The number of carbonyl (C=O) groups excluding carboxylic acids is 1. The molecule has 1 aromatic carbocycles. The van der Waals surface area contributed by atoms with Gasteiger partial charge in [-0.2, -0.15) is 5.26 Å². The molecule has 0 saturated heterocycles. The lowest BCUT2D eigenvalue weighted by molar-refractivity contribution is -0.120. The van der Waals surface area contributed by atoms with Crippen molar-refractivity contribution in [2.45, 2.75) is 13.0 Å². The van der Waals surface area contributed by atoms with Gasteiger partial charge in [-0.05, 0) is 17.7 Å². The Balaban J connectivity index is 2.32. The zero-order chi connectivity index (χ0) is 11.8. The molecule has 2 N–H and O–H groups in total. The summed E-state index contributed by atoms with van der Waals surface area (Å²) in [5, 5.41) is 14.4. The molecule has 0 saturated carbocycles. The predicted molar refractivity (Wildman–Crippen MR) is 61.5 cm³/mol. The average molecular weight is 217 g/mol. The van der Waals surface area contributed by atoms with E-state index in [1.54, 1.807) is 13.1 Å². The lowest BCUT2D eigenvalue weighted by Crippen LogP contribution is -2.24. The first-order valence-corrected chi connectivity index (χ1v) is 5.16. The Kier molecular flexibility index (Phi) is 5.03. The van der Waals surface area contributed by atoms with Crippen LogP contribution < -0.4 is 10.6 Å². The van der Waals surface area contributed by atoms with Crippen molar-refractivity contribution in [3.05, 3.63) is 35.4 Å². The van der Waals surface area contributed by atoms with Crippen molar-refractivity contribution in [3.63, 3.8) is 0 Å². The van der Waals surface area contributed by atoms with E-state index in [1.165, 1.54) is 0 Å². The maximum atomic E-state index is 10.9. The van der Waals surface area contributed by atoms with Gasteiger partial charge >= 0.3 is 0 Å². The first kappa shape index (κ1) is 12.2. The largest absolute Gasteiger partial charge is 0.359 e. The molecule has 0 unspecified atom stereocenters. The Morgan fingerprint density at radius 3 is 3.00 bits per heavy atom. The summed E-state index contributed by atoms with van der Waals surface area (Å²) in [7, 11) is 1.62. The van der Waals surface area contributed by atoms with E-state index in [0.717, 1.165) is 5.56 Å². The summed E-state index contributed by atoms with van der Waals surface area (Å²) in [6.45, 7) is 1.31. The number of carbonyl (C=O) groups is 1. The fourth-order valence-corrected chi connectivity index (χ4v) is 1.31. The zero-order valence-electron chi connectivity index (χ0n) is 9.29. The standard InChI is InChI=1S/C12H15N3O/c1-14-12(16)5-6-15-9-11-4-2-3-10(7-11)8-13/h2-4,7,15H,5-6,9H2,1H3,(H,14,16). The van der Waals surface area contributed by atoms with Crippen LogP contribution in [-0.2, 0) is 11.3 Å². The number of nitriles is 1. The molecule has 0 aliphatic rings. The minimum absolute atomic E-state index is 0.0262. The van der Waals surface area contributed by atoms with Crippen molar-refractivity contribution in [1.82, 2.24) is 10.6 Å². The lowest BCUT2D eigenvalue weighted by atomic mass is 10.1. The molecule has 1 aromatic rings. The number of amides is 1. The molecule has 0 fully saturated rings. The fourth-order valence-electron chi connectivity index (χ4n) is 1.31. The maximum Gasteiger partial charge on any atom is 0.221 e. The summed E-state index contributed by atoms with van der Waals surface area (Å²) in [6.07, 6.45) is 0.467. The van der Waals surface area contributed by atoms with Gasteiger partial charge in [0.25, 0.3) is 0 Å². The van der Waals surface area contributed by atoms with Crippen LogP contribution in [0.15, 0.2) is 24.3 Å². The van der Waals surface area contributed by atoms with Gasteiger partial charge in [0, 0.05) is 26.6 Å². The highest BCUT2D eigenvalue weighted by Crippen LogP contribution is 2.03. The summed E-state index contributed by atoms with van der Waals surface area (Å²) < 4.78 is 0. The van der Waals surface area contributed by atoms with Gasteiger partial charge in [-0.1, -0.05) is 12.1 Å². The maximum absolute atomic E-state index is 10.9. The van der Waals surface area contributed by atoms with E-state index < -0.39 is 0 Å². The molecule has 84 valence electrons. The second-order valence-corrected chi connectivity index (χ2v) is 3.41. The normalized spacial score (nSPS) is 9.50. The molecule has 16 heavy (non-hydrogen) atoms. The number of nitrogens with zero attached hydrogens (tertiary/aromatic N) is 1.